The number of hydrogen-bond acceptors (Lipinski definition) is 5. The average Bonchev–Trinajstić information content (AvgIpc) is 3.04. The molecule has 0 saturated heterocycles. The number of hydrogen-bond donors (Lipinski definition) is 2. The minimum absolute atomic E-state index is 0.301. The fourth-order valence-corrected chi connectivity index (χ4v) is 2.78. The number of nitrogens with zero attached hydrogens (tertiary/aromatic N) is 2. The number of carbonyl (C=O) groups is 1. The number of carbonyl (C=O) groups excluding carboxylic acids is 1. The highest BCUT2D eigenvalue weighted by Crippen LogP contribution is 2.29. The van der Waals surface area contributed by atoms with Crippen LogP contribution in [0.5, 0.6) is 5.75 Å². The number of aromatic nitrogens is 3. The molecule has 0 atom stereocenters. The van der Waals surface area contributed by atoms with E-state index < -0.39 is 6.09 Å². The molecule has 7 nitrogen and oxygen atoms in total. The van der Waals surface area contributed by atoms with E-state index in [1.165, 1.54) is 12.7 Å². The number of rotatable bonds is 6. The third-order valence-electron chi connectivity index (χ3n) is 3.96. The first kappa shape index (κ1) is 17.7. The lowest BCUT2D eigenvalue weighted by Crippen LogP contribution is -2.11. The summed E-state index contributed by atoms with van der Waals surface area (Å²) >= 11 is 0. The van der Waals surface area contributed by atoms with E-state index in [1.807, 2.05) is 25.1 Å². The highest BCUT2D eigenvalue weighted by atomic mass is 16.5. The molecule has 3 aromatic rings. The summed E-state index contributed by atoms with van der Waals surface area (Å²) < 4.78 is 10.3. The third kappa shape index (κ3) is 3.77. The first-order chi connectivity index (χ1) is 12.6. The topological polar surface area (TPSA) is 89.1 Å². The molecule has 2 N–H and O–H groups in total. The molecule has 0 fully saturated rings. The summed E-state index contributed by atoms with van der Waals surface area (Å²) in [6.07, 6.45) is 3.19. The molecule has 0 aliphatic heterocycles. The highest BCUT2D eigenvalue weighted by molar-refractivity contribution is 5.86. The molecule has 2 aromatic heterocycles. The zero-order valence-electron chi connectivity index (χ0n) is 15.1. The molecule has 136 valence electrons. The fraction of sp³-hybridized carbons (Fsp3) is 0.316. The Hall–Kier alpha value is -3.09. The van der Waals surface area contributed by atoms with Gasteiger partial charge in [0.15, 0.2) is 5.65 Å². The molecule has 1 aromatic carbocycles. The number of imidazole rings is 1. The van der Waals surface area contributed by atoms with E-state index in [0.29, 0.717) is 18.2 Å². The molecular formula is C19H22N4O3. The predicted molar refractivity (Wildman–Crippen MR) is 101 cm³/mol. The number of fused-ring (bicyclic) bond motifs is 1. The molecule has 0 bridgehead atoms. The number of aryl methyl sites for hydroxylation is 1. The number of methoxy groups -OCH3 is 1. The number of H-pyrrole nitrogens is 1. The van der Waals surface area contributed by atoms with E-state index in [0.717, 1.165) is 35.2 Å². The number of benzene rings is 1. The van der Waals surface area contributed by atoms with Gasteiger partial charge in [-0.1, -0.05) is 19.4 Å². The maximum absolute atomic E-state index is 11.3. The molecule has 3 rings (SSSR count). The smallest absolute Gasteiger partial charge is 0.413 e. The van der Waals surface area contributed by atoms with Crippen molar-refractivity contribution < 1.29 is 14.3 Å². The average molecular weight is 354 g/mol. The summed E-state index contributed by atoms with van der Waals surface area (Å²) in [6.45, 7) is 4.78. The fourth-order valence-electron chi connectivity index (χ4n) is 2.78. The van der Waals surface area contributed by atoms with Crippen molar-refractivity contribution >= 4 is 23.2 Å². The number of aromatic amines is 1. The second-order valence-corrected chi connectivity index (χ2v) is 5.80. The van der Waals surface area contributed by atoms with Crippen molar-refractivity contribution in [2.24, 2.45) is 0 Å². The quantitative estimate of drug-likeness (QED) is 0.694. The van der Waals surface area contributed by atoms with Gasteiger partial charge in [0.1, 0.15) is 5.75 Å². The van der Waals surface area contributed by atoms with Gasteiger partial charge in [0.25, 0.3) is 0 Å². The van der Waals surface area contributed by atoms with E-state index in [2.05, 4.69) is 38.0 Å². The van der Waals surface area contributed by atoms with E-state index in [1.54, 1.807) is 6.20 Å². The number of anilines is 1. The van der Waals surface area contributed by atoms with Gasteiger partial charge in [-0.2, -0.15) is 4.98 Å². The van der Waals surface area contributed by atoms with Gasteiger partial charge in [0, 0.05) is 11.8 Å². The third-order valence-corrected chi connectivity index (χ3v) is 3.96. The Labute approximate surface area is 151 Å². The second kappa shape index (κ2) is 7.86. The standard InChI is InChI=1S/C19H22N4O3/c1-4-6-13-9-12(7-8-16(13)26-5-2)14-10-15-17(20-11-14)22-18(21-15)23-19(24)25-3/h7-11H,4-6H2,1-3H3,(H2,20,21,22,23,24). The van der Waals surface area contributed by atoms with Crippen LogP contribution in [0.15, 0.2) is 30.5 Å². The van der Waals surface area contributed by atoms with Crippen LogP contribution in [0.1, 0.15) is 25.8 Å². The predicted octanol–water partition coefficient (Wildman–Crippen LogP) is 4.15. The monoisotopic (exact) mass is 354 g/mol. The van der Waals surface area contributed by atoms with Crippen LogP contribution >= 0.6 is 0 Å². The summed E-state index contributed by atoms with van der Waals surface area (Å²) in [5.41, 5.74) is 4.47. The van der Waals surface area contributed by atoms with Gasteiger partial charge in [-0.25, -0.2) is 9.78 Å². The number of nitrogens with one attached hydrogen (secondary N) is 2. The molecule has 0 saturated carbocycles. The Morgan fingerprint density at radius 3 is 2.81 bits per heavy atom. The van der Waals surface area contributed by atoms with Crippen molar-refractivity contribution in [3.8, 4) is 16.9 Å². The molecule has 7 heteroatoms. The highest BCUT2D eigenvalue weighted by Gasteiger charge is 2.10. The van der Waals surface area contributed by atoms with E-state index in [4.69, 9.17) is 4.74 Å². The first-order valence-electron chi connectivity index (χ1n) is 8.61. The molecular weight excluding hydrogens is 332 g/mol. The lowest BCUT2D eigenvalue weighted by atomic mass is 10.0. The van der Waals surface area contributed by atoms with Gasteiger partial charge in [-0.3, -0.25) is 5.32 Å². The molecule has 0 spiro atoms. The minimum atomic E-state index is -0.583. The largest absolute Gasteiger partial charge is 0.494 e. The van der Waals surface area contributed by atoms with Crippen LogP contribution in [0.25, 0.3) is 22.3 Å². The maximum Gasteiger partial charge on any atom is 0.413 e. The van der Waals surface area contributed by atoms with Crippen LogP contribution in [0.4, 0.5) is 10.7 Å². The molecule has 0 radical (unpaired) electrons. The van der Waals surface area contributed by atoms with Crippen molar-refractivity contribution in [1.29, 1.82) is 0 Å². The van der Waals surface area contributed by atoms with Crippen LogP contribution in [-0.4, -0.2) is 34.8 Å². The van der Waals surface area contributed by atoms with Crippen molar-refractivity contribution in [3.05, 3.63) is 36.0 Å². The maximum atomic E-state index is 11.3. The summed E-state index contributed by atoms with van der Waals surface area (Å²) in [5, 5.41) is 2.50. The lowest BCUT2D eigenvalue weighted by molar-refractivity contribution is 0.186. The normalized spacial score (nSPS) is 10.7. The SMILES string of the molecule is CCCc1cc(-c2cnc3nc(NC(=O)OC)[nH]c3c2)ccc1OCC. The Morgan fingerprint density at radius 1 is 1.23 bits per heavy atom. The zero-order chi connectivity index (χ0) is 18.5. The minimum Gasteiger partial charge on any atom is -0.494 e. The Kier molecular flexibility index (Phi) is 5.36. The molecule has 0 unspecified atom stereocenters. The molecule has 26 heavy (non-hydrogen) atoms. The summed E-state index contributed by atoms with van der Waals surface area (Å²) in [7, 11) is 1.30. The van der Waals surface area contributed by atoms with Crippen LogP contribution in [0.3, 0.4) is 0 Å². The van der Waals surface area contributed by atoms with E-state index in [-0.39, 0.29) is 0 Å². The lowest BCUT2D eigenvalue weighted by Gasteiger charge is -2.11. The number of amides is 1. The van der Waals surface area contributed by atoms with Gasteiger partial charge in [0.2, 0.25) is 5.95 Å². The van der Waals surface area contributed by atoms with Crippen molar-refractivity contribution in [2.75, 3.05) is 19.0 Å². The Balaban J connectivity index is 1.94. The van der Waals surface area contributed by atoms with Gasteiger partial charge < -0.3 is 14.5 Å². The van der Waals surface area contributed by atoms with Crippen LogP contribution < -0.4 is 10.1 Å². The molecule has 2 heterocycles. The van der Waals surface area contributed by atoms with Gasteiger partial charge in [0.05, 0.1) is 19.2 Å². The Bertz CT molecular complexity index is 920. The molecule has 1 amide bonds. The van der Waals surface area contributed by atoms with Crippen molar-refractivity contribution in [2.45, 2.75) is 26.7 Å². The first-order valence-corrected chi connectivity index (χ1v) is 8.61. The molecule has 0 aliphatic rings. The van der Waals surface area contributed by atoms with Crippen LogP contribution in [0.2, 0.25) is 0 Å². The molecule has 0 aliphatic carbocycles. The van der Waals surface area contributed by atoms with E-state index in [9.17, 15) is 4.79 Å². The summed E-state index contributed by atoms with van der Waals surface area (Å²) in [4.78, 5) is 22.9. The van der Waals surface area contributed by atoms with Crippen LogP contribution in [-0.2, 0) is 11.2 Å². The summed E-state index contributed by atoms with van der Waals surface area (Å²) in [6, 6.07) is 8.13. The Morgan fingerprint density at radius 2 is 2.08 bits per heavy atom. The number of pyridine rings is 1. The zero-order valence-corrected chi connectivity index (χ0v) is 15.1. The van der Waals surface area contributed by atoms with Gasteiger partial charge in [-0.05, 0) is 42.7 Å². The number of ether oxygens (including phenoxy) is 2. The summed E-state index contributed by atoms with van der Waals surface area (Å²) in [5.74, 6) is 1.23. The van der Waals surface area contributed by atoms with E-state index >= 15 is 0 Å². The van der Waals surface area contributed by atoms with Crippen LogP contribution in [0, 0.1) is 0 Å². The van der Waals surface area contributed by atoms with Crippen molar-refractivity contribution in [3.63, 3.8) is 0 Å². The van der Waals surface area contributed by atoms with Crippen molar-refractivity contribution in [1.82, 2.24) is 15.0 Å². The van der Waals surface area contributed by atoms with Gasteiger partial charge >= 0.3 is 6.09 Å². The van der Waals surface area contributed by atoms with Gasteiger partial charge in [-0.15, -0.1) is 0 Å². The second-order valence-electron chi connectivity index (χ2n) is 5.80.